The Morgan fingerprint density at radius 2 is 2.33 bits per heavy atom. The molecule has 0 spiro atoms. The van der Waals surface area contributed by atoms with Gasteiger partial charge >= 0.3 is 0 Å². The van der Waals surface area contributed by atoms with E-state index < -0.39 is 0 Å². The molecule has 0 aromatic carbocycles. The molecule has 9 heavy (non-hydrogen) atoms. The minimum absolute atomic E-state index is 0.218. The van der Waals surface area contributed by atoms with Gasteiger partial charge in [0.25, 0.3) is 0 Å². The molecule has 0 aliphatic carbocycles. The predicted octanol–water partition coefficient (Wildman–Crippen LogP) is 1.20. The monoisotopic (exact) mass is 130 g/mol. The Morgan fingerprint density at radius 3 is 2.67 bits per heavy atom. The van der Waals surface area contributed by atoms with Crippen molar-refractivity contribution in [3.05, 3.63) is 0 Å². The van der Waals surface area contributed by atoms with E-state index in [1.807, 2.05) is 0 Å². The summed E-state index contributed by atoms with van der Waals surface area (Å²) >= 11 is 0. The van der Waals surface area contributed by atoms with Crippen molar-refractivity contribution < 1.29 is 9.47 Å². The Labute approximate surface area is 56.2 Å². The summed E-state index contributed by atoms with van der Waals surface area (Å²) in [6.45, 7) is 3.92. The molecule has 54 valence electrons. The fourth-order valence-corrected chi connectivity index (χ4v) is 0.915. The van der Waals surface area contributed by atoms with E-state index >= 15 is 0 Å². The first-order valence-electron chi connectivity index (χ1n) is 3.46. The van der Waals surface area contributed by atoms with Crippen LogP contribution in [0, 0.1) is 0 Å². The molecule has 1 rings (SSSR count). The lowest BCUT2D eigenvalue weighted by Gasteiger charge is -2.05. The lowest BCUT2D eigenvalue weighted by atomic mass is 10.1. The van der Waals surface area contributed by atoms with Gasteiger partial charge in [0.2, 0.25) is 0 Å². The Hall–Kier alpha value is -0.0800. The third-order valence-corrected chi connectivity index (χ3v) is 1.96. The topological polar surface area (TPSA) is 21.8 Å². The summed E-state index contributed by atoms with van der Waals surface area (Å²) in [4.78, 5) is 0. The van der Waals surface area contributed by atoms with Crippen LogP contribution in [0.5, 0.6) is 0 Å². The van der Waals surface area contributed by atoms with Gasteiger partial charge < -0.3 is 9.47 Å². The van der Waals surface area contributed by atoms with Crippen LogP contribution >= 0.6 is 0 Å². The second-order valence-electron chi connectivity index (χ2n) is 2.57. The lowest BCUT2D eigenvalue weighted by molar-refractivity contribution is 0.157. The van der Waals surface area contributed by atoms with Crippen LogP contribution in [0.4, 0.5) is 0 Å². The summed E-state index contributed by atoms with van der Waals surface area (Å²) in [6, 6.07) is 0. The van der Waals surface area contributed by atoms with E-state index in [-0.39, 0.29) is 5.60 Å². The van der Waals surface area contributed by atoms with Crippen molar-refractivity contribution in [2.45, 2.75) is 25.4 Å². The molecule has 0 amide bonds. The van der Waals surface area contributed by atoms with Gasteiger partial charge in [-0.15, -0.1) is 0 Å². The fraction of sp³-hybridized carbons (Fsp3) is 1.00. The van der Waals surface area contributed by atoms with E-state index in [0.717, 1.165) is 26.1 Å². The van der Waals surface area contributed by atoms with Gasteiger partial charge in [-0.1, -0.05) is 6.92 Å². The molecule has 0 aromatic heterocycles. The molecular formula is C7H14O2. The summed E-state index contributed by atoms with van der Waals surface area (Å²) in [7, 11) is 1.73. The smallest absolute Gasteiger partial charge is 0.0935 e. The summed E-state index contributed by atoms with van der Waals surface area (Å²) in [5.41, 5.74) is 0.218. The standard InChI is InChI=1S/C7H14O2/c1-3-7(6-9-7)4-5-8-2/h3-6H2,1-2H3. The van der Waals surface area contributed by atoms with Crippen LogP contribution in [-0.4, -0.2) is 25.9 Å². The minimum Gasteiger partial charge on any atom is -0.385 e. The lowest BCUT2D eigenvalue weighted by Crippen LogP contribution is -2.11. The van der Waals surface area contributed by atoms with Crippen molar-refractivity contribution in [2.24, 2.45) is 0 Å². The Balaban J connectivity index is 2.10. The average molecular weight is 130 g/mol. The molecule has 2 heteroatoms. The van der Waals surface area contributed by atoms with Crippen LogP contribution in [0.25, 0.3) is 0 Å². The van der Waals surface area contributed by atoms with E-state index in [1.165, 1.54) is 0 Å². The van der Waals surface area contributed by atoms with Crippen LogP contribution < -0.4 is 0 Å². The second-order valence-corrected chi connectivity index (χ2v) is 2.57. The first-order chi connectivity index (χ1) is 4.33. The van der Waals surface area contributed by atoms with Gasteiger partial charge in [-0.25, -0.2) is 0 Å². The molecular weight excluding hydrogens is 116 g/mol. The second kappa shape index (κ2) is 2.67. The van der Waals surface area contributed by atoms with Crippen LogP contribution in [0.1, 0.15) is 19.8 Å². The number of epoxide rings is 1. The van der Waals surface area contributed by atoms with E-state index in [0.29, 0.717) is 0 Å². The molecule has 0 radical (unpaired) electrons. The van der Waals surface area contributed by atoms with E-state index in [9.17, 15) is 0 Å². The molecule has 1 atom stereocenters. The Kier molecular flexibility index (Phi) is 2.09. The van der Waals surface area contributed by atoms with Gasteiger partial charge in [0.15, 0.2) is 0 Å². The Bertz CT molecular complexity index is 86.9. The van der Waals surface area contributed by atoms with Gasteiger partial charge in [0, 0.05) is 20.1 Å². The summed E-state index contributed by atoms with van der Waals surface area (Å²) < 4.78 is 10.2. The molecule has 1 aliphatic rings. The number of rotatable bonds is 4. The zero-order valence-corrected chi connectivity index (χ0v) is 6.14. The average Bonchev–Trinajstić information content (AvgIpc) is 2.65. The largest absolute Gasteiger partial charge is 0.385 e. The van der Waals surface area contributed by atoms with Crippen LogP contribution in [0.2, 0.25) is 0 Å². The first-order valence-corrected chi connectivity index (χ1v) is 3.46. The third kappa shape index (κ3) is 1.66. The molecule has 1 aliphatic heterocycles. The molecule has 1 fully saturated rings. The van der Waals surface area contributed by atoms with Crippen molar-refractivity contribution in [2.75, 3.05) is 20.3 Å². The molecule has 1 saturated heterocycles. The van der Waals surface area contributed by atoms with Crippen molar-refractivity contribution in [3.8, 4) is 0 Å². The molecule has 1 heterocycles. The van der Waals surface area contributed by atoms with Crippen molar-refractivity contribution in [1.29, 1.82) is 0 Å². The highest BCUT2D eigenvalue weighted by Gasteiger charge is 2.41. The molecule has 0 aromatic rings. The van der Waals surface area contributed by atoms with Crippen LogP contribution in [-0.2, 0) is 9.47 Å². The zero-order valence-electron chi connectivity index (χ0n) is 6.14. The highest BCUT2D eigenvalue weighted by atomic mass is 16.6. The van der Waals surface area contributed by atoms with Gasteiger partial charge in [0.05, 0.1) is 12.2 Å². The van der Waals surface area contributed by atoms with Gasteiger partial charge in [0.1, 0.15) is 0 Å². The maximum Gasteiger partial charge on any atom is 0.0935 e. The van der Waals surface area contributed by atoms with E-state index in [4.69, 9.17) is 9.47 Å². The summed E-state index contributed by atoms with van der Waals surface area (Å²) in [6.07, 6.45) is 2.18. The van der Waals surface area contributed by atoms with Gasteiger partial charge in [-0.2, -0.15) is 0 Å². The molecule has 2 nitrogen and oxygen atoms in total. The molecule has 0 saturated carbocycles. The third-order valence-electron chi connectivity index (χ3n) is 1.96. The van der Waals surface area contributed by atoms with Crippen LogP contribution in [0.15, 0.2) is 0 Å². The highest BCUT2D eigenvalue weighted by molar-refractivity contribution is 4.90. The van der Waals surface area contributed by atoms with E-state index in [2.05, 4.69) is 6.92 Å². The normalized spacial score (nSPS) is 32.7. The Morgan fingerprint density at radius 1 is 1.67 bits per heavy atom. The van der Waals surface area contributed by atoms with Crippen molar-refractivity contribution >= 4 is 0 Å². The summed E-state index contributed by atoms with van der Waals surface area (Å²) in [5.74, 6) is 0. The quantitative estimate of drug-likeness (QED) is 0.533. The molecule has 0 N–H and O–H groups in total. The zero-order chi connectivity index (χ0) is 6.74. The number of methoxy groups -OCH3 is 1. The number of hydrogen-bond donors (Lipinski definition) is 0. The summed E-state index contributed by atoms with van der Waals surface area (Å²) in [5, 5.41) is 0. The highest BCUT2D eigenvalue weighted by Crippen LogP contribution is 2.33. The molecule has 1 unspecified atom stereocenters. The number of hydrogen-bond acceptors (Lipinski definition) is 2. The van der Waals surface area contributed by atoms with Crippen molar-refractivity contribution in [3.63, 3.8) is 0 Å². The van der Waals surface area contributed by atoms with Crippen molar-refractivity contribution in [1.82, 2.24) is 0 Å². The van der Waals surface area contributed by atoms with Gasteiger partial charge in [-0.05, 0) is 6.42 Å². The predicted molar refractivity (Wildman–Crippen MR) is 35.5 cm³/mol. The maximum absolute atomic E-state index is 5.27. The SMILES string of the molecule is CCC1(CCOC)CO1. The number of ether oxygens (including phenoxy) is 2. The van der Waals surface area contributed by atoms with E-state index in [1.54, 1.807) is 7.11 Å². The van der Waals surface area contributed by atoms with Gasteiger partial charge in [-0.3, -0.25) is 0 Å². The fourth-order valence-electron chi connectivity index (χ4n) is 0.915. The molecule has 0 bridgehead atoms. The first kappa shape index (κ1) is 7.03. The van der Waals surface area contributed by atoms with Crippen LogP contribution in [0.3, 0.4) is 0 Å². The minimum atomic E-state index is 0.218. The maximum atomic E-state index is 5.27.